The van der Waals surface area contributed by atoms with Gasteiger partial charge in [-0.15, -0.1) is 0 Å². The average molecular weight is 261 g/mol. The third-order valence-electron chi connectivity index (χ3n) is 2.27. The first-order valence-corrected chi connectivity index (χ1v) is 5.25. The van der Waals surface area contributed by atoms with Gasteiger partial charge >= 0.3 is 5.97 Å². The molecule has 0 spiro atoms. The second-order valence-electron chi connectivity index (χ2n) is 3.50. The molecule has 17 heavy (non-hydrogen) atoms. The van der Waals surface area contributed by atoms with Crippen LogP contribution >= 0.6 is 11.6 Å². The Kier molecular flexibility index (Phi) is 4.74. The van der Waals surface area contributed by atoms with Gasteiger partial charge in [-0.05, 0) is 18.2 Å². The van der Waals surface area contributed by atoms with Crippen molar-refractivity contribution >= 4 is 17.6 Å². The predicted octanol–water partition coefficient (Wildman–Crippen LogP) is 1.22. The van der Waals surface area contributed by atoms with E-state index in [9.17, 15) is 15.0 Å². The number of benzene rings is 1. The third kappa shape index (κ3) is 3.59. The third-order valence-corrected chi connectivity index (χ3v) is 2.61. The molecule has 0 saturated carbocycles. The molecule has 0 amide bonds. The maximum atomic E-state index is 10.4. The van der Waals surface area contributed by atoms with Gasteiger partial charge in [0.25, 0.3) is 0 Å². The maximum absolute atomic E-state index is 10.4. The van der Waals surface area contributed by atoms with E-state index in [1.807, 2.05) is 0 Å². The molecule has 1 aromatic carbocycles. The number of carboxylic acid groups (broad SMARTS) is 1. The molecule has 0 saturated heterocycles. The topological polar surface area (TPSA) is 87.0 Å². The molecule has 0 bridgehead atoms. The van der Waals surface area contributed by atoms with Crippen LogP contribution in [0.3, 0.4) is 0 Å². The highest BCUT2D eigenvalue weighted by atomic mass is 35.5. The lowest BCUT2D eigenvalue weighted by Crippen LogP contribution is -2.22. The summed E-state index contributed by atoms with van der Waals surface area (Å²) in [6.45, 7) is 0. The highest BCUT2D eigenvalue weighted by Gasteiger charge is 2.23. The Morgan fingerprint density at radius 2 is 2.12 bits per heavy atom. The Hall–Kier alpha value is -1.30. The molecule has 0 aliphatic rings. The van der Waals surface area contributed by atoms with Crippen LogP contribution in [0.4, 0.5) is 0 Å². The molecule has 0 aromatic heterocycles. The second kappa shape index (κ2) is 5.86. The van der Waals surface area contributed by atoms with Crippen molar-refractivity contribution in [2.24, 2.45) is 0 Å². The number of hydrogen-bond acceptors (Lipinski definition) is 4. The van der Waals surface area contributed by atoms with Crippen molar-refractivity contribution in [1.82, 2.24) is 0 Å². The van der Waals surface area contributed by atoms with Crippen molar-refractivity contribution in [2.75, 3.05) is 7.11 Å². The van der Waals surface area contributed by atoms with Gasteiger partial charge in [0.05, 0.1) is 19.6 Å². The molecule has 0 aliphatic heterocycles. The van der Waals surface area contributed by atoms with E-state index in [1.165, 1.54) is 19.2 Å². The smallest absolute Gasteiger partial charge is 0.306 e. The van der Waals surface area contributed by atoms with Crippen LogP contribution in [0.1, 0.15) is 18.1 Å². The van der Waals surface area contributed by atoms with Gasteiger partial charge < -0.3 is 20.1 Å². The van der Waals surface area contributed by atoms with E-state index in [0.29, 0.717) is 5.75 Å². The van der Waals surface area contributed by atoms with Crippen LogP contribution in [-0.4, -0.2) is 34.5 Å². The summed E-state index contributed by atoms with van der Waals surface area (Å²) in [4.78, 5) is 10.4. The summed E-state index contributed by atoms with van der Waals surface area (Å²) >= 11 is 5.85. The summed E-state index contributed by atoms with van der Waals surface area (Å²) in [5, 5.41) is 28.0. The summed E-state index contributed by atoms with van der Waals surface area (Å²) in [7, 11) is 1.45. The van der Waals surface area contributed by atoms with Crippen molar-refractivity contribution in [3.05, 3.63) is 28.8 Å². The van der Waals surface area contributed by atoms with Gasteiger partial charge in [-0.3, -0.25) is 4.79 Å². The molecule has 1 rings (SSSR count). The van der Waals surface area contributed by atoms with Gasteiger partial charge in [-0.2, -0.15) is 0 Å². The number of carbonyl (C=O) groups is 1. The number of aliphatic hydroxyl groups is 2. The Bertz CT molecular complexity index is 407. The minimum absolute atomic E-state index is 0.236. The predicted molar refractivity (Wildman–Crippen MR) is 61.2 cm³/mol. The summed E-state index contributed by atoms with van der Waals surface area (Å²) in [6.07, 6.45) is -3.35. The van der Waals surface area contributed by atoms with Gasteiger partial charge in [0.2, 0.25) is 0 Å². The van der Waals surface area contributed by atoms with E-state index in [0.717, 1.165) is 0 Å². The van der Waals surface area contributed by atoms with Crippen molar-refractivity contribution in [2.45, 2.75) is 18.6 Å². The molecule has 6 heteroatoms. The molecular formula is C11H13ClO5. The van der Waals surface area contributed by atoms with Gasteiger partial charge in [0.15, 0.2) is 0 Å². The zero-order valence-corrected chi connectivity index (χ0v) is 9.89. The molecule has 94 valence electrons. The fourth-order valence-corrected chi connectivity index (χ4v) is 1.60. The van der Waals surface area contributed by atoms with E-state index in [4.69, 9.17) is 21.4 Å². The number of hydrogen-bond donors (Lipinski definition) is 3. The highest BCUT2D eigenvalue weighted by molar-refractivity contribution is 6.31. The van der Waals surface area contributed by atoms with Gasteiger partial charge in [-0.1, -0.05) is 11.6 Å². The highest BCUT2D eigenvalue weighted by Crippen LogP contribution is 2.29. The van der Waals surface area contributed by atoms with Gasteiger partial charge in [0.1, 0.15) is 11.9 Å². The Morgan fingerprint density at radius 3 is 2.65 bits per heavy atom. The molecule has 0 aliphatic carbocycles. The monoisotopic (exact) mass is 260 g/mol. The van der Waals surface area contributed by atoms with Crippen LogP contribution in [0.2, 0.25) is 5.02 Å². The Balaban J connectivity index is 2.94. The molecule has 2 unspecified atom stereocenters. The minimum atomic E-state index is -1.42. The number of aliphatic hydroxyl groups excluding tert-OH is 2. The molecule has 0 fully saturated rings. The number of carboxylic acids is 1. The molecule has 2 atom stereocenters. The molecule has 0 heterocycles. The molecule has 5 nitrogen and oxygen atoms in total. The first kappa shape index (κ1) is 13.8. The Labute approximate surface area is 103 Å². The Morgan fingerprint density at radius 1 is 1.47 bits per heavy atom. The van der Waals surface area contributed by atoms with E-state index >= 15 is 0 Å². The van der Waals surface area contributed by atoms with Crippen molar-refractivity contribution in [3.8, 4) is 5.75 Å². The fourth-order valence-electron chi connectivity index (χ4n) is 1.37. The van der Waals surface area contributed by atoms with Gasteiger partial charge in [0, 0.05) is 10.6 Å². The standard InChI is InChI=1S/C11H13ClO5/c1-17-6-2-3-8(12)7(4-6)11(16)9(13)5-10(14)15/h2-4,9,11,13,16H,5H2,1H3,(H,14,15). The van der Waals surface area contributed by atoms with Crippen LogP contribution in [0.5, 0.6) is 5.75 Å². The maximum Gasteiger partial charge on any atom is 0.306 e. The zero-order chi connectivity index (χ0) is 13.0. The number of ether oxygens (including phenoxy) is 1. The first-order chi connectivity index (χ1) is 7.95. The quantitative estimate of drug-likeness (QED) is 0.741. The lowest BCUT2D eigenvalue weighted by molar-refractivity contribution is -0.141. The lowest BCUT2D eigenvalue weighted by atomic mass is 10.0. The number of halogens is 1. The van der Waals surface area contributed by atoms with Crippen LogP contribution in [0.15, 0.2) is 18.2 Å². The SMILES string of the molecule is COc1ccc(Cl)c(C(O)C(O)CC(=O)O)c1. The van der Waals surface area contributed by atoms with Crippen LogP contribution in [0.25, 0.3) is 0 Å². The number of methoxy groups -OCH3 is 1. The van der Waals surface area contributed by atoms with Crippen LogP contribution in [-0.2, 0) is 4.79 Å². The summed E-state index contributed by atoms with van der Waals surface area (Å²) in [5.74, 6) is -0.735. The van der Waals surface area contributed by atoms with Crippen molar-refractivity contribution < 1.29 is 24.9 Å². The average Bonchev–Trinajstić information content (AvgIpc) is 2.28. The lowest BCUT2D eigenvalue weighted by Gasteiger charge is -2.18. The summed E-state index contributed by atoms with van der Waals surface area (Å²) in [6, 6.07) is 4.56. The first-order valence-electron chi connectivity index (χ1n) is 4.87. The molecule has 3 N–H and O–H groups in total. The molecule has 1 aromatic rings. The van der Waals surface area contributed by atoms with Crippen molar-refractivity contribution in [3.63, 3.8) is 0 Å². The largest absolute Gasteiger partial charge is 0.497 e. The van der Waals surface area contributed by atoms with E-state index in [-0.39, 0.29) is 10.6 Å². The van der Waals surface area contributed by atoms with E-state index in [1.54, 1.807) is 6.07 Å². The molecular weight excluding hydrogens is 248 g/mol. The zero-order valence-electron chi connectivity index (χ0n) is 9.13. The van der Waals surface area contributed by atoms with Crippen LogP contribution in [0, 0.1) is 0 Å². The van der Waals surface area contributed by atoms with Crippen molar-refractivity contribution in [1.29, 1.82) is 0 Å². The number of aliphatic carboxylic acids is 1. The van der Waals surface area contributed by atoms with Gasteiger partial charge in [-0.25, -0.2) is 0 Å². The van der Waals surface area contributed by atoms with E-state index < -0.39 is 24.6 Å². The van der Waals surface area contributed by atoms with E-state index in [2.05, 4.69) is 0 Å². The minimum Gasteiger partial charge on any atom is -0.497 e. The normalized spacial score (nSPS) is 14.1. The molecule has 0 radical (unpaired) electrons. The fraction of sp³-hybridized carbons (Fsp3) is 0.364. The second-order valence-corrected chi connectivity index (χ2v) is 3.90. The summed E-state index contributed by atoms with van der Waals surface area (Å²) in [5.41, 5.74) is 0.236. The number of rotatable bonds is 5. The van der Waals surface area contributed by atoms with Crippen LogP contribution < -0.4 is 4.74 Å². The summed E-state index contributed by atoms with van der Waals surface area (Å²) < 4.78 is 4.95.